The van der Waals surface area contributed by atoms with Gasteiger partial charge < -0.3 is 9.80 Å². The molecule has 1 aromatic rings. The zero-order chi connectivity index (χ0) is 15.6. The molecule has 4 nitrogen and oxygen atoms in total. The van der Waals surface area contributed by atoms with Gasteiger partial charge in [0.2, 0.25) is 5.91 Å². The molecule has 0 bridgehead atoms. The van der Waals surface area contributed by atoms with E-state index in [4.69, 9.17) is 11.6 Å². The van der Waals surface area contributed by atoms with Gasteiger partial charge in [0, 0.05) is 17.6 Å². The van der Waals surface area contributed by atoms with Crippen LogP contribution in [0.5, 0.6) is 0 Å². The van der Waals surface area contributed by atoms with Crippen molar-refractivity contribution in [1.29, 1.82) is 0 Å². The van der Waals surface area contributed by atoms with Gasteiger partial charge in [-0.25, -0.2) is 0 Å². The molecule has 3 atom stereocenters. The van der Waals surface area contributed by atoms with Gasteiger partial charge in [0.05, 0.1) is 6.04 Å². The molecule has 0 radical (unpaired) electrons. The topological polar surface area (TPSA) is 35.6 Å². The quantitative estimate of drug-likeness (QED) is 0.908. The van der Waals surface area contributed by atoms with Crippen LogP contribution in [0.25, 0.3) is 0 Å². The summed E-state index contributed by atoms with van der Waals surface area (Å²) in [5, 5.41) is 4.12. The number of rotatable bonds is 5. The van der Waals surface area contributed by atoms with Gasteiger partial charge in [0.1, 0.15) is 6.17 Å². The molecule has 1 saturated heterocycles. The molecule has 1 amide bonds. The summed E-state index contributed by atoms with van der Waals surface area (Å²) in [7, 11) is 4.06. The van der Waals surface area contributed by atoms with E-state index in [0.29, 0.717) is 17.6 Å². The summed E-state index contributed by atoms with van der Waals surface area (Å²) in [5.74, 6) is 0.177. The molecule has 0 spiro atoms. The minimum Gasteiger partial charge on any atom is -0.320 e. The largest absolute Gasteiger partial charge is 0.320 e. The Morgan fingerprint density at radius 3 is 2.71 bits per heavy atom. The molecule has 0 aromatic heterocycles. The van der Waals surface area contributed by atoms with Gasteiger partial charge in [-0.1, -0.05) is 30.7 Å². The van der Waals surface area contributed by atoms with E-state index < -0.39 is 0 Å². The first kappa shape index (κ1) is 16.3. The lowest BCUT2D eigenvalue weighted by Gasteiger charge is -2.30. The number of nitrogens with zero attached hydrogens (tertiary/aromatic N) is 2. The Labute approximate surface area is 132 Å². The number of nitrogens with one attached hydrogen (secondary N) is 1. The highest BCUT2D eigenvalue weighted by Crippen LogP contribution is 2.28. The Bertz CT molecular complexity index is 506. The number of hydrogen-bond acceptors (Lipinski definition) is 3. The number of carbonyl (C=O) groups is 1. The van der Waals surface area contributed by atoms with Crippen molar-refractivity contribution in [3.8, 4) is 0 Å². The lowest BCUT2D eigenvalue weighted by atomic mass is 10.1. The van der Waals surface area contributed by atoms with Crippen LogP contribution < -0.4 is 5.32 Å². The summed E-state index contributed by atoms with van der Waals surface area (Å²) in [4.78, 5) is 16.6. The van der Waals surface area contributed by atoms with Crippen molar-refractivity contribution >= 4 is 17.5 Å². The normalized spacial score (nSPS) is 23.9. The third kappa shape index (κ3) is 3.57. The summed E-state index contributed by atoms with van der Waals surface area (Å²) < 4.78 is 0. The Hall–Kier alpha value is -1.10. The second-order valence-electron chi connectivity index (χ2n) is 5.89. The third-order valence-electron chi connectivity index (χ3n) is 4.17. The maximum absolute atomic E-state index is 12.6. The van der Waals surface area contributed by atoms with Gasteiger partial charge in [0.15, 0.2) is 0 Å². The van der Waals surface area contributed by atoms with Crippen LogP contribution >= 0.6 is 11.6 Å². The first-order chi connectivity index (χ1) is 9.93. The molecule has 1 heterocycles. The Balaban J connectivity index is 2.26. The van der Waals surface area contributed by atoms with Crippen molar-refractivity contribution in [3.05, 3.63) is 34.9 Å². The molecule has 1 aliphatic heterocycles. The van der Waals surface area contributed by atoms with Crippen LogP contribution in [0.4, 0.5) is 0 Å². The summed E-state index contributed by atoms with van der Waals surface area (Å²) >= 11 is 6.09. The molecule has 1 aromatic carbocycles. The second kappa shape index (κ2) is 6.77. The smallest absolute Gasteiger partial charge is 0.241 e. The van der Waals surface area contributed by atoms with Gasteiger partial charge in [-0.05, 0) is 45.1 Å². The molecule has 1 fully saturated rings. The van der Waals surface area contributed by atoms with E-state index >= 15 is 0 Å². The van der Waals surface area contributed by atoms with Gasteiger partial charge in [-0.2, -0.15) is 0 Å². The fourth-order valence-corrected chi connectivity index (χ4v) is 2.77. The highest BCUT2D eigenvalue weighted by atomic mass is 35.5. The zero-order valence-electron chi connectivity index (χ0n) is 13.1. The van der Waals surface area contributed by atoms with Gasteiger partial charge in [-0.15, -0.1) is 0 Å². The summed E-state index contributed by atoms with van der Waals surface area (Å²) in [6, 6.07) is 7.92. The highest BCUT2D eigenvalue weighted by molar-refractivity contribution is 6.30. The second-order valence-corrected chi connectivity index (χ2v) is 6.32. The Kier molecular flexibility index (Phi) is 5.25. The number of hydrogen-bond donors (Lipinski definition) is 1. The van der Waals surface area contributed by atoms with E-state index in [1.807, 2.05) is 50.2 Å². The number of halogens is 1. The van der Waals surface area contributed by atoms with Crippen LogP contribution in [0, 0.1) is 0 Å². The SMILES string of the molecule is CCC1NC(c2cccc(Cl)c2)N(CC(C)N(C)C)C1=O. The molecule has 2 rings (SSSR count). The molecule has 0 aliphatic carbocycles. The summed E-state index contributed by atoms with van der Waals surface area (Å²) in [6.07, 6.45) is 0.700. The van der Waals surface area contributed by atoms with E-state index in [-0.39, 0.29) is 18.1 Å². The van der Waals surface area contributed by atoms with E-state index in [9.17, 15) is 4.79 Å². The Morgan fingerprint density at radius 1 is 1.43 bits per heavy atom. The van der Waals surface area contributed by atoms with Crippen LogP contribution in [-0.4, -0.2) is 48.4 Å². The lowest BCUT2D eigenvalue weighted by Crippen LogP contribution is -2.41. The highest BCUT2D eigenvalue weighted by Gasteiger charge is 2.39. The molecule has 3 unspecified atom stereocenters. The van der Waals surface area contributed by atoms with Gasteiger partial charge in [0.25, 0.3) is 0 Å². The average molecular weight is 310 g/mol. The van der Waals surface area contributed by atoms with Crippen molar-refractivity contribution in [3.63, 3.8) is 0 Å². The number of likely N-dealkylation sites (N-methyl/N-ethyl adjacent to an activating group) is 1. The maximum atomic E-state index is 12.6. The molecule has 1 aliphatic rings. The van der Waals surface area contributed by atoms with Crippen molar-refractivity contribution in [1.82, 2.24) is 15.1 Å². The fraction of sp³-hybridized carbons (Fsp3) is 0.562. The van der Waals surface area contributed by atoms with E-state index in [1.54, 1.807) is 0 Å². The summed E-state index contributed by atoms with van der Waals surface area (Å²) in [5.41, 5.74) is 1.04. The zero-order valence-corrected chi connectivity index (χ0v) is 13.9. The van der Waals surface area contributed by atoms with Crippen LogP contribution in [0.2, 0.25) is 5.02 Å². The third-order valence-corrected chi connectivity index (χ3v) is 4.40. The number of amides is 1. The van der Waals surface area contributed by atoms with Crippen molar-refractivity contribution in [2.24, 2.45) is 0 Å². The minimum atomic E-state index is -0.108. The predicted molar refractivity (Wildman–Crippen MR) is 86.3 cm³/mol. The van der Waals surface area contributed by atoms with Crippen LogP contribution in [-0.2, 0) is 4.79 Å². The first-order valence-corrected chi connectivity index (χ1v) is 7.80. The molecule has 1 N–H and O–H groups in total. The van der Waals surface area contributed by atoms with E-state index in [1.165, 1.54) is 0 Å². The van der Waals surface area contributed by atoms with Crippen LogP contribution in [0.3, 0.4) is 0 Å². The molecule has 5 heteroatoms. The first-order valence-electron chi connectivity index (χ1n) is 7.42. The van der Waals surface area contributed by atoms with Crippen molar-refractivity contribution in [2.75, 3.05) is 20.6 Å². The molecule has 0 saturated carbocycles. The fourth-order valence-electron chi connectivity index (χ4n) is 2.57. The predicted octanol–water partition coefficient (Wildman–Crippen LogP) is 2.50. The molecular weight excluding hydrogens is 286 g/mol. The van der Waals surface area contributed by atoms with Gasteiger partial charge >= 0.3 is 0 Å². The van der Waals surface area contributed by atoms with Crippen LogP contribution in [0.1, 0.15) is 32.0 Å². The standard InChI is InChI=1S/C16H24ClN3O/c1-5-14-16(21)20(10-11(2)19(3)4)15(18-14)12-7-6-8-13(17)9-12/h6-9,11,14-15,18H,5,10H2,1-4H3. The van der Waals surface area contributed by atoms with Crippen molar-refractivity contribution in [2.45, 2.75) is 38.5 Å². The number of benzene rings is 1. The molecular formula is C16H24ClN3O. The maximum Gasteiger partial charge on any atom is 0.241 e. The number of carbonyl (C=O) groups excluding carboxylic acids is 1. The Morgan fingerprint density at radius 2 is 2.14 bits per heavy atom. The monoisotopic (exact) mass is 309 g/mol. The van der Waals surface area contributed by atoms with Crippen LogP contribution in [0.15, 0.2) is 24.3 Å². The summed E-state index contributed by atoms with van der Waals surface area (Å²) in [6.45, 7) is 4.86. The minimum absolute atomic E-state index is 0.0939. The lowest BCUT2D eigenvalue weighted by molar-refractivity contribution is -0.130. The van der Waals surface area contributed by atoms with Crippen molar-refractivity contribution < 1.29 is 4.79 Å². The molecule has 116 valence electrons. The van der Waals surface area contributed by atoms with E-state index in [2.05, 4.69) is 17.1 Å². The van der Waals surface area contributed by atoms with Gasteiger partial charge in [-0.3, -0.25) is 10.1 Å². The average Bonchev–Trinajstić information content (AvgIpc) is 2.75. The van der Waals surface area contributed by atoms with E-state index in [0.717, 1.165) is 12.0 Å². The molecule has 21 heavy (non-hydrogen) atoms.